The first-order valence-corrected chi connectivity index (χ1v) is 7.07. The third-order valence-corrected chi connectivity index (χ3v) is 2.61. The van der Waals surface area contributed by atoms with Gasteiger partial charge in [-0.15, -0.1) is 0 Å². The van der Waals surface area contributed by atoms with E-state index in [2.05, 4.69) is 10.6 Å². The summed E-state index contributed by atoms with van der Waals surface area (Å²) in [5, 5.41) is 5.87. The summed E-state index contributed by atoms with van der Waals surface area (Å²) in [4.78, 5) is 11.3. The van der Waals surface area contributed by atoms with Crippen LogP contribution in [0, 0.1) is 0 Å². The molecule has 1 aromatic heterocycles. The molecule has 0 aromatic carbocycles. The Bertz CT molecular complexity index is 350. The highest BCUT2D eigenvalue weighted by Gasteiger charge is 2.04. The van der Waals surface area contributed by atoms with Crippen molar-refractivity contribution in [1.82, 2.24) is 10.6 Å². The molecule has 2 N–H and O–H groups in total. The Hall–Kier alpha value is -0.940. The summed E-state index contributed by atoms with van der Waals surface area (Å²) in [6, 6.07) is 4.10. The first-order chi connectivity index (χ1) is 8.11. The highest BCUT2D eigenvalue weighted by Crippen LogP contribution is 2.12. The standard InChI is InChI=1S/C12H20N2O2S/c1-9(2)14-12(15)7-13-6-10-4-5-11(16-10)8-17-3/h4-5,9,13H,6-8H2,1-3H3,(H,14,15). The SMILES string of the molecule is CSCc1ccc(CNCC(=O)NC(C)C)o1. The van der Waals surface area contributed by atoms with E-state index in [1.165, 1.54) is 0 Å². The number of thioether (sulfide) groups is 1. The first-order valence-electron chi connectivity index (χ1n) is 5.68. The van der Waals surface area contributed by atoms with Crippen molar-refractivity contribution in [3.05, 3.63) is 23.7 Å². The van der Waals surface area contributed by atoms with E-state index < -0.39 is 0 Å². The molecule has 0 bridgehead atoms. The number of rotatable bonds is 7. The van der Waals surface area contributed by atoms with Gasteiger partial charge in [0.05, 0.1) is 18.8 Å². The van der Waals surface area contributed by atoms with Crippen molar-refractivity contribution < 1.29 is 9.21 Å². The average molecular weight is 256 g/mol. The van der Waals surface area contributed by atoms with E-state index in [1.807, 2.05) is 32.2 Å². The van der Waals surface area contributed by atoms with Crippen LogP contribution in [-0.4, -0.2) is 24.7 Å². The molecule has 0 saturated heterocycles. The zero-order valence-corrected chi connectivity index (χ0v) is 11.4. The van der Waals surface area contributed by atoms with Gasteiger partial charge in [0.15, 0.2) is 0 Å². The second-order valence-corrected chi connectivity index (χ2v) is 4.99. The van der Waals surface area contributed by atoms with Gasteiger partial charge in [-0.25, -0.2) is 0 Å². The van der Waals surface area contributed by atoms with Gasteiger partial charge < -0.3 is 15.1 Å². The molecule has 0 fully saturated rings. The number of carbonyl (C=O) groups excluding carboxylic acids is 1. The lowest BCUT2D eigenvalue weighted by Crippen LogP contribution is -2.37. The van der Waals surface area contributed by atoms with E-state index >= 15 is 0 Å². The number of amides is 1. The molecule has 0 radical (unpaired) electrons. The summed E-state index contributed by atoms with van der Waals surface area (Å²) >= 11 is 1.73. The number of nitrogens with one attached hydrogen (secondary N) is 2. The number of hydrogen-bond donors (Lipinski definition) is 2. The summed E-state index contributed by atoms with van der Waals surface area (Å²) in [6.07, 6.45) is 2.04. The van der Waals surface area contributed by atoms with Gasteiger partial charge in [0, 0.05) is 6.04 Å². The molecule has 4 nitrogen and oxygen atoms in total. The maximum absolute atomic E-state index is 11.3. The van der Waals surface area contributed by atoms with Crippen LogP contribution in [0.25, 0.3) is 0 Å². The van der Waals surface area contributed by atoms with Gasteiger partial charge in [0.25, 0.3) is 0 Å². The monoisotopic (exact) mass is 256 g/mol. The van der Waals surface area contributed by atoms with Crippen LogP contribution < -0.4 is 10.6 Å². The summed E-state index contributed by atoms with van der Waals surface area (Å²) in [5.41, 5.74) is 0. The van der Waals surface area contributed by atoms with Gasteiger partial charge >= 0.3 is 0 Å². The van der Waals surface area contributed by atoms with Gasteiger partial charge in [-0.3, -0.25) is 4.79 Å². The third kappa shape index (κ3) is 5.79. The lowest BCUT2D eigenvalue weighted by atomic mass is 10.4. The molecule has 0 aliphatic rings. The summed E-state index contributed by atoms with van der Waals surface area (Å²) in [7, 11) is 0. The fraction of sp³-hybridized carbons (Fsp3) is 0.583. The predicted molar refractivity (Wildman–Crippen MR) is 70.9 cm³/mol. The topological polar surface area (TPSA) is 54.3 Å². The van der Waals surface area contributed by atoms with Crippen LogP contribution in [0.2, 0.25) is 0 Å². The van der Waals surface area contributed by atoms with Crippen LogP contribution in [0.3, 0.4) is 0 Å². The molecule has 5 heteroatoms. The van der Waals surface area contributed by atoms with Crippen LogP contribution in [0.15, 0.2) is 16.5 Å². The zero-order chi connectivity index (χ0) is 12.7. The average Bonchev–Trinajstić information content (AvgIpc) is 2.65. The van der Waals surface area contributed by atoms with Crippen molar-refractivity contribution in [2.75, 3.05) is 12.8 Å². The van der Waals surface area contributed by atoms with E-state index in [9.17, 15) is 4.79 Å². The van der Waals surface area contributed by atoms with E-state index in [4.69, 9.17) is 4.42 Å². The van der Waals surface area contributed by atoms with Crippen molar-refractivity contribution in [3.63, 3.8) is 0 Å². The van der Waals surface area contributed by atoms with Crippen LogP contribution in [-0.2, 0) is 17.1 Å². The van der Waals surface area contributed by atoms with Crippen molar-refractivity contribution in [2.24, 2.45) is 0 Å². The minimum absolute atomic E-state index is 0.0101. The fourth-order valence-electron chi connectivity index (χ4n) is 1.41. The Labute approximate surface area is 107 Å². The molecule has 0 saturated carbocycles. The first kappa shape index (κ1) is 14.1. The molecule has 1 rings (SSSR count). The lowest BCUT2D eigenvalue weighted by Gasteiger charge is -2.08. The largest absolute Gasteiger partial charge is 0.464 e. The smallest absolute Gasteiger partial charge is 0.234 e. The maximum Gasteiger partial charge on any atom is 0.234 e. The highest BCUT2D eigenvalue weighted by atomic mass is 32.2. The minimum Gasteiger partial charge on any atom is -0.464 e. The van der Waals surface area contributed by atoms with Crippen LogP contribution >= 0.6 is 11.8 Å². The normalized spacial score (nSPS) is 10.8. The summed E-state index contributed by atoms with van der Waals surface area (Å²) in [5.74, 6) is 2.73. The Morgan fingerprint density at radius 3 is 2.76 bits per heavy atom. The molecule has 0 aliphatic carbocycles. The van der Waals surface area contributed by atoms with E-state index in [0.29, 0.717) is 13.1 Å². The van der Waals surface area contributed by atoms with E-state index in [-0.39, 0.29) is 11.9 Å². The quantitative estimate of drug-likeness (QED) is 0.780. The number of carbonyl (C=O) groups is 1. The van der Waals surface area contributed by atoms with Gasteiger partial charge in [0.2, 0.25) is 5.91 Å². The number of furan rings is 1. The van der Waals surface area contributed by atoms with Crippen molar-refractivity contribution >= 4 is 17.7 Å². The van der Waals surface area contributed by atoms with E-state index in [1.54, 1.807) is 11.8 Å². The van der Waals surface area contributed by atoms with Crippen LogP contribution in [0.4, 0.5) is 0 Å². The Morgan fingerprint density at radius 1 is 1.41 bits per heavy atom. The molecule has 0 atom stereocenters. The molecule has 96 valence electrons. The van der Waals surface area contributed by atoms with E-state index in [0.717, 1.165) is 17.3 Å². The third-order valence-electron chi connectivity index (χ3n) is 2.04. The highest BCUT2D eigenvalue weighted by molar-refractivity contribution is 7.97. The molecule has 1 heterocycles. The predicted octanol–water partition coefficient (Wildman–Crippen LogP) is 1.76. The zero-order valence-electron chi connectivity index (χ0n) is 10.6. The van der Waals surface area contributed by atoms with Crippen molar-refractivity contribution in [2.45, 2.75) is 32.2 Å². The second-order valence-electron chi connectivity index (χ2n) is 4.13. The van der Waals surface area contributed by atoms with Crippen LogP contribution in [0.1, 0.15) is 25.4 Å². The second kappa shape index (κ2) is 7.40. The molecule has 1 amide bonds. The molecule has 17 heavy (non-hydrogen) atoms. The van der Waals surface area contributed by atoms with Gasteiger partial charge in [-0.05, 0) is 32.2 Å². The molecule has 1 aromatic rings. The maximum atomic E-state index is 11.3. The molecular formula is C12H20N2O2S. The number of hydrogen-bond acceptors (Lipinski definition) is 4. The minimum atomic E-state index is 0.0101. The van der Waals surface area contributed by atoms with Crippen LogP contribution in [0.5, 0.6) is 0 Å². The molecular weight excluding hydrogens is 236 g/mol. The van der Waals surface area contributed by atoms with Gasteiger partial charge in [0.1, 0.15) is 11.5 Å². The summed E-state index contributed by atoms with van der Waals surface area (Å²) in [6.45, 7) is 4.79. The lowest BCUT2D eigenvalue weighted by molar-refractivity contribution is -0.120. The van der Waals surface area contributed by atoms with Crippen molar-refractivity contribution in [3.8, 4) is 0 Å². The summed E-state index contributed by atoms with van der Waals surface area (Å²) < 4.78 is 5.57. The Morgan fingerprint density at radius 2 is 2.12 bits per heavy atom. The van der Waals surface area contributed by atoms with Crippen molar-refractivity contribution in [1.29, 1.82) is 0 Å². The van der Waals surface area contributed by atoms with Gasteiger partial charge in [-0.2, -0.15) is 11.8 Å². The molecule has 0 unspecified atom stereocenters. The Balaban J connectivity index is 2.23. The molecule has 0 spiro atoms. The Kier molecular flexibility index (Phi) is 6.15. The van der Waals surface area contributed by atoms with Gasteiger partial charge in [-0.1, -0.05) is 0 Å². The molecule has 0 aliphatic heterocycles. The fourth-order valence-corrected chi connectivity index (χ4v) is 1.85.